The molecule has 2 amide bonds. The second-order valence-corrected chi connectivity index (χ2v) is 7.40. The maximum absolute atomic E-state index is 13.9. The number of carbonyl (C=O) groups excluding carboxylic acids is 1. The first-order chi connectivity index (χ1) is 17.6. The van der Waals surface area contributed by atoms with Gasteiger partial charge >= 0.3 is 24.2 Å². The average molecular weight is 519 g/mol. The Hall–Kier alpha value is -4.92. The van der Waals surface area contributed by atoms with E-state index in [4.69, 9.17) is 9.15 Å². The number of aromatic amines is 1. The number of pyridine rings is 1. The SMILES string of the molecule is O=C(Nc1ccc(Oc2ccnc(-c3n[nH]c(=O)o3)c2)cc1)Nc1ccc2c(c1)C(F)(F)OC(F)(F)O2. The Labute approximate surface area is 203 Å². The molecule has 0 saturated heterocycles. The van der Waals surface area contributed by atoms with E-state index in [9.17, 15) is 27.2 Å². The molecule has 1 aliphatic rings. The van der Waals surface area contributed by atoms with Crippen molar-refractivity contribution < 1.29 is 41.0 Å². The molecule has 0 aliphatic carbocycles. The third-order valence-electron chi connectivity index (χ3n) is 4.76. The first-order valence-corrected chi connectivity index (χ1v) is 10.2. The highest BCUT2D eigenvalue weighted by Crippen LogP contribution is 2.46. The van der Waals surface area contributed by atoms with Gasteiger partial charge in [-0.2, -0.15) is 8.78 Å². The molecule has 0 fully saturated rings. The van der Waals surface area contributed by atoms with E-state index in [0.29, 0.717) is 17.2 Å². The Balaban J connectivity index is 1.22. The standard InChI is InChI=1S/C22H13F4N5O6/c23-21(24)15-9-12(3-6-17(15)36-22(25,26)37-21)29-19(32)28-11-1-4-13(5-2-11)34-14-7-8-27-16(10-14)18-30-31-20(33)35-18/h1-10H,(H,31,33)(H2,28,29,32). The summed E-state index contributed by atoms with van der Waals surface area (Å²) in [6.07, 6.45) is -7.39. The van der Waals surface area contributed by atoms with Crippen LogP contribution >= 0.6 is 0 Å². The van der Waals surface area contributed by atoms with Gasteiger partial charge in [-0.1, -0.05) is 0 Å². The third-order valence-corrected chi connectivity index (χ3v) is 4.76. The molecule has 0 bridgehead atoms. The van der Waals surface area contributed by atoms with Crippen LogP contribution in [0, 0.1) is 0 Å². The van der Waals surface area contributed by atoms with Crippen LogP contribution < -0.4 is 25.9 Å². The van der Waals surface area contributed by atoms with Crippen molar-refractivity contribution in [2.45, 2.75) is 12.4 Å². The van der Waals surface area contributed by atoms with E-state index in [0.717, 1.165) is 18.2 Å². The molecule has 1 aliphatic heterocycles. The number of amides is 2. The van der Waals surface area contributed by atoms with Gasteiger partial charge in [0.05, 0.1) is 5.56 Å². The highest BCUT2D eigenvalue weighted by molar-refractivity contribution is 5.99. The van der Waals surface area contributed by atoms with Crippen molar-refractivity contribution in [3.63, 3.8) is 0 Å². The predicted molar refractivity (Wildman–Crippen MR) is 117 cm³/mol. The Morgan fingerprint density at radius 2 is 1.68 bits per heavy atom. The molecule has 0 radical (unpaired) electrons. The third kappa shape index (κ3) is 5.35. The van der Waals surface area contributed by atoms with E-state index < -0.39 is 35.5 Å². The molecular formula is C22H13F4N5O6. The fraction of sp³-hybridized carbons (Fsp3) is 0.0909. The minimum atomic E-state index is -4.49. The van der Waals surface area contributed by atoms with Gasteiger partial charge in [0.2, 0.25) is 0 Å². The molecule has 37 heavy (non-hydrogen) atoms. The number of benzene rings is 2. The van der Waals surface area contributed by atoms with E-state index in [1.807, 2.05) is 0 Å². The first-order valence-electron chi connectivity index (χ1n) is 10.2. The number of halogens is 4. The smallest absolute Gasteiger partial charge is 0.457 e. The van der Waals surface area contributed by atoms with Gasteiger partial charge in [-0.3, -0.25) is 4.98 Å². The average Bonchev–Trinajstić information content (AvgIpc) is 3.26. The lowest BCUT2D eigenvalue weighted by molar-refractivity contribution is -0.461. The number of aromatic nitrogens is 3. The number of carbonyl (C=O) groups is 1. The number of rotatable bonds is 5. The number of ether oxygens (including phenoxy) is 3. The lowest BCUT2D eigenvalue weighted by atomic mass is 10.1. The second-order valence-electron chi connectivity index (χ2n) is 7.40. The molecule has 4 aromatic rings. The molecule has 2 aromatic carbocycles. The summed E-state index contributed by atoms with van der Waals surface area (Å²) in [6, 6.07) is 11.1. The molecule has 11 nitrogen and oxygen atoms in total. The Kier molecular flexibility index (Phi) is 5.75. The number of anilines is 2. The van der Waals surface area contributed by atoms with Crippen LogP contribution in [-0.2, 0) is 10.8 Å². The summed E-state index contributed by atoms with van der Waals surface area (Å²) in [5, 5.41) is 10.6. The van der Waals surface area contributed by atoms with Gasteiger partial charge in [-0.05, 0) is 48.5 Å². The summed E-state index contributed by atoms with van der Waals surface area (Å²) in [4.78, 5) is 27.5. The molecule has 3 heterocycles. The van der Waals surface area contributed by atoms with Gasteiger partial charge in [0.25, 0.3) is 5.89 Å². The second kappa shape index (κ2) is 8.94. The number of nitrogens with one attached hydrogen (secondary N) is 3. The molecule has 0 unspecified atom stereocenters. The quantitative estimate of drug-likeness (QED) is 0.317. The monoisotopic (exact) mass is 519 g/mol. The summed E-state index contributed by atoms with van der Waals surface area (Å²) in [5.41, 5.74) is -0.494. The van der Waals surface area contributed by atoms with Crippen LogP contribution in [0.3, 0.4) is 0 Å². The van der Waals surface area contributed by atoms with Crippen molar-refractivity contribution in [3.05, 3.63) is 76.9 Å². The van der Waals surface area contributed by atoms with Gasteiger partial charge in [-0.15, -0.1) is 13.9 Å². The summed E-state index contributed by atoms with van der Waals surface area (Å²) < 4.78 is 72.1. The van der Waals surface area contributed by atoms with Crippen molar-refractivity contribution >= 4 is 17.4 Å². The van der Waals surface area contributed by atoms with E-state index in [1.165, 1.54) is 24.4 Å². The molecule has 15 heteroatoms. The van der Waals surface area contributed by atoms with Crippen LogP contribution in [-0.4, -0.2) is 27.5 Å². The zero-order valence-corrected chi connectivity index (χ0v) is 18.1. The van der Waals surface area contributed by atoms with Crippen molar-refractivity contribution in [1.82, 2.24) is 15.2 Å². The van der Waals surface area contributed by atoms with Crippen LogP contribution in [0.5, 0.6) is 17.2 Å². The van der Waals surface area contributed by atoms with Crippen LogP contribution in [0.25, 0.3) is 11.6 Å². The molecule has 2 aromatic heterocycles. The number of alkyl halides is 4. The zero-order chi connectivity index (χ0) is 26.2. The largest absolute Gasteiger partial charge is 0.540 e. The maximum Gasteiger partial charge on any atom is 0.540 e. The highest BCUT2D eigenvalue weighted by atomic mass is 19.3. The topological polar surface area (TPSA) is 141 Å². The summed E-state index contributed by atoms with van der Waals surface area (Å²) in [6.45, 7) is 0. The fourth-order valence-electron chi connectivity index (χ4n) is 3.24. The van der Waals surface area contributed by atoms with Gasteiger partial charge in [0.1, 0.15) is 22.9 Å². The van der Waals surface area contributed by atoms with Crippen LogP contribution in [0.2, 0.25) is 0 Å². The van der Waals surface area contributed by atoms with Gasteiger partial charge in [-0.25, -0.2) is 19.4 Å². The van der Waals surface area contributed by atoms with Crippen molar-refractivity contribution in [2.24, 2.45) is 0 Å². The molecule has 3 N–H and O–H groups in total. The fourth-order valence-corrected chi connectivity index (χ4v) is 3.24. The van der Waals surface area contributed by atoms with Gasteiger partial charge in [0, 0.05) is 23.6 Å². The van der Waals surface area contributed by atoms with Crippen molar-refractivity contribution in [1.29, 1.82) is 0 Å². The predicted octanol–water partition coefficient (Wildman–Crippen LogP) is 4.87. The Morgan fingerprint density at radius 3 is 2.41 bits per heavy atom. The van der Waals surface area contributed by atoms with Crippen molar-refractivity contribution in [3.8, 4) is 28.8 Å². The lowest BCUT2D eigenvalue weighted by Crippen LogP contribution is -2.41. The molecule has 0 saturated carbocycles. The van der Waals surface area contributed by atoms with E-state index in [2.05, 4.69) is 35.3 Å². The number of urea groups is 1. The number of hydrogen-bond acceptors (Lipinski definition) is 8. The number of nitrogens with zero attached hydrogens (tertiary/aromatic N) is 2. The maximum atomic E-state index is 13.9. The summed E-state index contributed by atoms with van der Waals surface area (Å²) >= 11 is 0. The number of hydrogen-bond donors (Lipinski definition) is 3. The normalized spacial score (nSPS) is 15.2. The molecule has 0 atom stereocenters. The molecule has 190 valence electrons. The number of H-pyrrole nitrogens is 1. The van der Waals surface area contributed by atoms with Crippen LogP contribution in [0.15, 0.2) is 70.0 Å². The zero-order valence-electron chi connectivity index (χ0n) is 18.1. The van der Waals surface area contributed by atoms with E-state index >= 15 is 0 Å². The summed E-state index contributed by atoms with van der Waals surface area (Å²) in [7, 11) is 0. The number of fused-ring (bicyclic) bond motifs is 1. The van der Waals surface area contributed by atoms with Gasteiger partial charge < -0.3 is 24.5 Å². The van der Waals surface area contributed by atoms with E-state index in [-0.39, 0.29) is 17.3 Å². The molecule has 5 rings (SSSR count). The molecular weight excluding hydrogens is 506 g/mol. The molecule has 0 spiro atoms. The van der Waals surface area contributed by atoms with Crippen molar-refractivity contribution in [2.75, 3.05) is 10.6 Å². The minimum absolute atomic E-state index is 0.0124. The van der Waals surface area contributed by atoms with Crippen LogP contribution in [0.4, 0.5) is 33.7 Å². The van der Waals surface area contributed by atoms with Gasteiger partial charge in [0.15, 0.2) is 0 Å². The highest BCUT2D eigenvalue weighted by Gasteiger charge is 2.54. The summed E-state index contributed by atoms with van der Waals surface area (Å²) in [5.74, 6) is -0.767. The lowest BCUT2D eigenvalue weighted by Gasteiger charge is -2.30. The first kappa shape index (κ1) is 23.8. The Morgan fingerprint density at radius 1 is 0.946 bits per heavy atom. The van der Waals surface area contributed by atoms with E-state index in [1.54, 1.807) is 18.2 Å². The Bertz CT molecular complexity index is 1520. The van der Waals surface area contributed by atoms with Crippen LogP contribution in [0.1, 0.15) is 5.56 Å². The minimum Gasteiger partial charge on any atom is -0.457 e.